The van der Waals surface area contributed by atoms with E-state index in [4.69, 9.17) is 0 Å². The Labute approximate surface area is 141 Å². The Morgan fingerprint density at radius 1 is 1.29 bits per heavy atom. The molecule has 0 saturated carbocycles. The molecule has 7 heteroatoms. The molecule has 2 aromatic heterocycles. The van der Waals surface area contributed by atoms with Gasteiger partial charge in [-0.05, 0) is 32.8 Å². The van der Waals surface area contributed by atoms with Gasteiger partial charge in [0.25, 0.3) is 0 Å². The lowest BCUT2D eigenvalue weighted by atomic mass is 10.1. The van der Waals surface area contributed by atoms with Crippen molar-refractivity contribution in [1.29, 1.82) is 0 Å². The summed E-state index contributed by atoms with van der Waals surface area (Å²) in [5.74, 6) is 2.36. The Bertz CT molecular complexity index is 748. The monoisotopic (exact) mass is 326 g/mol. The number of anilines is 1. The average molecular weight is 326 g/mol. The lowest BCUT2D eigenvalue weighted by Crippen LogP contribution is -2.27. The first-order valence-corrected chi connectivity index (χ1v) is 8.17. The zero-order chi connectivity index (χ0) is 17.1. The maximum absolute atomic E-state index is 11.3. The van der Waals surface area contributed by atoms with Gasteiger partial charge in [0.05, 0.1) is 11.7 Å². The molecule has 3 heterocycles. The zero-order valence-electron chi connectivity index (χ0n) is 14.3. The number of aryl methyl sites for hydroxylation is 2. The highest BCUT2D eigenvalue weighted by atomic mass is 16.1. The molecule has 0 unspecified atom stereocenters. The average Bonchev–Trinajstić information content (AvgIpc) is 3.03. The molecule has 1 fully saturated rings. The summed E-state index contributed by atoms with van der Waals surface area (Å²) in [7, 11) is 0. The molecule has 1 N–H and O–H groups in total. The van der Waals surface area contributed by atoms with Crippen molar-refractivity contribution in [2.75, 3.05) is 11.4 Å². The number of carbonyl (C=O) groups is 1. The summed E-state index contributed by atoms with van der Waals surface area (Å²) in [5.41, 5.74) is 1.93. The summed E-state index contributed by atoms with van der Waals surface area (Å²) in [5, 5.41) is 2.85. The molecule has 1 aliphatic heterocycles. The van der Waals surface area contributed by atoms with E-state index in [9.17, 15) is 4.79 Å². The van der Waals surface area contributed by atoms with Gasteiger partial charge in [0.15, 0.2) is 0 Å². The van der Waals surface area contributed by atoms with E-state index in [1.54, 1.807) is 6.20 Å². The van der Waals surface area contributed by atoms with E-state index in [1.165, 1.54) is 6.92 Å². The van der Waals surface area contributed by atoms with Crippen LogP contribution in [0.25, 0.3) is 0 Å². The Morgan fingerprint density at radius 2 is 2.08 bits per heavy atom. The third-order valence-corrected chi connectivity index (χ3v) is 4.17. The van der Waals surface area contributed by atoms with Gasteiger partial charge in [0.2, 0.25) is 5.91 Å². The van der Waals surface area contributed by atoms with Crippen LogP contribution in [0.4, 0.5) is 5.82 Å². The molecule has 24 heavy (non-hydrogen) atoms. The van der Waals surface area contributed by atoms with E-state index in [0.717, 1.165) is 48.1 Å². The maximum atomic E-state index is 11.3. The fourth-order valence-electron chi connectivity index (χ4n) is 3.09. The highest BCUT2D eigenvalue weighted by Gasteiger charge is 2.30. The highest BCUT2D eigenvalue weighted by Crippen LogP contribution is 2.35. The van der Waals surface area contributed by atoms with Gasteiger partial charge in [-0.1, -0.05) is 0 Å². The Hall–Kier alpha value is -2.57. The number of carbonyl (C=O) groups excluding carboxylic acids is 1. The summed E-state index contributed by atoms with van der Waals surface area (Å²) in [6.07, 6.45) is 5.69. The molecule has 1 amide bonds. The van der Waals surface area contributed by atoms with Crippen LogP contribution in [0.3, 0.4) is 0 Å². The number of nitrogens with zero attached hydrogens (tertiary/aromatic N) is 5. The molecule has 2 aromatic rings. The van der Waals surface area contributed by atoms with Crippen molar-refractivity contribution in [3.05, 3.63) is 41.4 Å². The van der Waals surface area contributed by atoms with Crippen molar-refractivity contribution in [3.63, 3.8) is 0 Å². The van der Waals surface area contributed by atoms with Crippen molar-refractivity contribution in [2.24, 2.45) is 0 Å². The van der Waals surface area contributed by atoms with Crippen molar-refractivity contribution in [1.82, 2.24) is 25.3 Å². The van der Waals surface area contributed by atoms with E-state index in [2.05, 4.69) is 30.2 Å². The van der Waals surface area contributed by atoms with Crippen LogP contribution in [0.2, 0.25) is 0 Å². The second kappa shape index (κ2) is 6.90. The van der Waals surface area contributed by atoms with E-state index >= 15 is 0 Å². The minimum Gasteiger partial charge on any atom is -0.352 e. The first-order chi connectivity index (χ1) is 11.5. The topological polar surface area (TPSA) is 83.9 Å². The van der Waals surface area contributed by atoms with Gasteiger partial charge in [-0.3, -0.25) is 4.79 Å². The maximum Gasteiger partial charge on any atom is 0.217 e. The molecular formula is C17H22N6O. The summed E-state index contributed by atoms with van der Waals surface area (Å²) < 4.78 is 0. The van der Waals surface area contributed by atoms with Gasteiger partial charge >= 0.3 is 0 Å². The first kappa shape index (κ1) is 16.3. The molecular weight excluding hydrogens is 304 g/mol. The number of rotatable bonds is 4. The van der Waals surface area contributed by atoms with Crippen LogP contribution in [0, 0.1) is 13.8 Å². The molecule has 0 aliphatic carbocycles. The second-order valence-corrected chi connectivity index (χ2v) is 6.05. The van der Waals surface area contributed by atoms with E-state index in [0.29, 0.717) is 6.54 Å². The third kappa shape index (κ3) is 3.50. The van der Waals surface area contributed by atoms with Crippen molar-refractivity contribution in [2.45, 2.75) is 46.2 Å². The number of hydrogen-bond acceptors (Lipinski definition) is 6. The summed E-state index contributed by atoms with van der Waals surface area (Å²) in [6.45, 7) is 6.67. The summed E-state index contributed by atoms with van der Waals surface area (Å²) >= 11 is 0. The van der Waals surface area contributed by atoms with Gasteiger partial charge in [0, 0.05) is 38.0 Å². The first-order valence-electron chi connectivity index (χ1n) is 8.17. The molecule has 0 radical (unpaired) electrons. The molecule has 1 saturated heterocycles. The molecule has 126 valence electrons. The second-order valence-electron chi connectivity index (χ2n) is 6.05. The lowest BCUT2D eigenvalue weighted by molar-refractivity contribution is -0.119. The van der Waals surface area contributed by atoms with Crippen LogP contribution in [0.1, 0.15) is 48.7 Å². The minimum atomic E-state index is -0.0590. The fraction of sp³-hybridized carbons (Fsp3) is 0.471. The van der Waals surface area contributed by atoms with Crippen LogP contribution in [-0.4, -0.2) is 32.4 Å². The lowest BCUT2D eigenvalue weighted by Gasteiger charge is -2.27. The van der Waals surface area contributed by atoms with Crippen LogP contribution in [-0.2, 0) is 11.3 Å². The minimum absolute atomic E-state index is 0.0590. The highest BCUT2D eigenvalue weighted by molar-refractivity contribution is 5.72. The fourth-order valence-corrected chi connectivity index (χ4v) is 3.09. The summed E-state index contributed by atoms with van der Waals surface area (Å²) in [4.78, 5) is 31.2. The third-order valence-electron chi connectivity index (χ3n) is 4.17. The number of amides is 1. The molecule has 1 atom stereocenters. The van der Waals surface area contributed by atoms with E-state index in [1.807, 2.05) is 26.1 Å². The van der Waals surface area contributed by atoms with Gasteiger partial charge in [-0.25, -0.2) is 19.9 Å². The SMILES string of the molecule is CC(=O)NCc1cnc(C)nc1[C@H]1CCCN1c1ccnc(C)n1. The standard InChI is InChI=1S/C17H22N6O/c1-11-18-7-6-16(21-11)23-8-4-5-15(23)17-14(10-20-13(3)24)9-19-12(2)22-17/h6-7,9,15H,4-5,8,10H2,1-3H3,(H,20,24)/t15-/m1/s1. The van der Waals surface area contributed by atoms with Crippen molar-refractivity contribution in [3.8, 4) is 0 Å². The Balaban J connectivity index is 1.94. The molecule has 0 spiro atoms. The smallest absolute Gasteiger partial charge is 0.217 e. The van der Waals surface area contributed by atoms with E-state index in [-0.39, 0.29) is 11.9 Å². The molecule has 1 aliphatic rings. The normalized spacial score (nSPS) is 17.1. The summed E-state index contributed by atoms with van der Waals surface area (Å²) in [6, 6.07) is 2.08. The van der Waals surface area contributed by atoms with Crippen molar-refractivity contribution < 1.29 is 4.79 Å². The number of aromatic nitrogens is 4. The molecule has 3 rings (SSSR count). The molecule has 0 bridgehead atoms. The van der Waals surface area contributed by atoms with Crippen LogP contribution < -0.4 is 10.2 Å². The van der Waals surface area contributed by atoms with Crippen LogP contribution >= 0.6 is 0 Å². The quantitative estimate of drug-likeness (QED) is 0.923. The van der Waals surface area contributed by atoms with Crippen molar-refractivity contribution >= 4 is 11.7 Å². The van der Waals surface area contributed by atoms with Gasteiger partial charge in [0.1, 0.15) is 17.5 Å². The Kier molecular flexibility index (Phi) is 4.69. The van der Waals surface area contributed by atoms with Gasteiger partial charge < -0.3 is 10.2 Å². The number of nitrogens with one attached hydrogen (secondary N) is 1. The van der Waals surface area contributed by atoms with Gasteiger partial charge in [-0.15, -0.1) is 0 Å². The molecule has 7 nitrogen and oxygen atoms in total. The predicted molar refractivity (Wildman–Crippen MR) is 90.4 cm³/mol. The van der Waals surface area contributed by atoms with Gasteiger partial charge in [-0.2, -0.15) is 0 Å². The molecule has 0 aromatic carbocycles. The Morgan fingerprint density at radius 3 is 2.83 bits per heavy atom. The predicted octanol–water partition coefficient (Wildman–Crippen LogP) is 1.86. The van der Waals surface area contributed by atoms with Crippen LogP contribution in [0.15, 0.2) is 18.5 Å². The van der Waals surface area contributed by atoms with Crippen LogP contribution in [0.5, 0.6) is 0 Å². The van der Waals surface area contributed by atoms with E-state index < -0.39 is 0 Å². The largest absolute Gasteiger partial charge is 0.352 e. The zero-order valence-corrected chi connectivity index (χ0v) is 14.3. The number of hydrogen-bond donors (Lipinski definition) is 1.